The van der Waals surface area contributed by atoms with Crippen LogP contribution in [0.4, 0.5) is 0 Å². The molecule has 160 valence electrons. The van der Waals surface area contributed by atoms with Crippen LogP contribution in [0.2, 0.25) is 0 Å². The molecule has 3 aliphatic heterocycles. The lowest BCUT2D eigenvalue weighted by Crippen LogP contribution is -2.57. The number of fused-ring (bicyclic) bond motifs is 2. The number of hydrogen-bond donors (Lipinski definition) is 0. The van der Waals surface area contributed by atoms with Gasteiger partial charge in [0.2, 0.25) is 21.8 Å². The maximum atomic E-state index is 13.2. The lowest BCUT2D eigenvalue weighted by molar-refractivity contribution is -0.136. The second kappa shape index (κ2) is 7.36. The van der Waals surface area contributed by atoms with Crippen molar-refractivity contribution in [1.82, 2.24) is 14.1 Å². The zero-order chi connectivity index (χ0) is 21.7. The van der Waals surface area contributed by atoms with E-state index in [1.54, 1.807) is 17.0 Å². The monoisotopic (exact) mass is 430 g/mol. The van der Waals surface area contributed by atoms with E-state index in [1.165, 1.54) is 23.4 Å². The lowest BCUT2D eigenvalue weighted by Gasteiger charge is -2.47. The average Bonchev–Trinajstić information content (AvgIpc) is 3.28. The number of carbonyl (C=O) groups is 2. The molecular weight excluding hydrogens is 404 g/mol. The predicted molar refractivity (Wildman–Crippen MR) is 109 cm³/mol. The highest BCUT2D eigenvalue weighted by atomic mass is 32.2. The summed E-state index contributed by atoms with van der Waals surface area (Å²) in [5.41, 5.74) is -0.279. The molecule has 3 saturated heterocycles. The molecule has 0 aromatic heterocycles. The molecule has 0 unspecified atom stereocenters. The molecule has 30 heavy (non-hydrogen) atoms. The van der Waals surface area contributed by atoms with Crippen LogP contribution in [0.5, 0.6) is 0 Å². The summed E-state index contributed by atoms with van der Waals surface area (Å²) in [4.78, 5) is 28.7. The van der Waals surface area contributed by atoms with E-state index in [2.05, 4.69) is 0 Å². The van der Waals surface area contributed by atoms with Crippen molar-refractivity contribution >= 4 is 21.8 Å². The Labute approximate surface area is 177 Å². The Bertz CT molecular complexity index is 1020. The molecule has 0 N–H and O–H groups in total. The first-order valence-electron chi connectivity index (χ1n) is 10.3. The van der Waals surface area contributed by atoms with E-state index in [-0.39, 0.29) is 47.2 Å². The maximum absolute atomic E-state index is 13.2. The van der Waals surface area contributed by atoms with Crippen molar-refractivity contribution in [2.45, 2.75) is 37.1 Å². The van der Waals surface area contributed by atoms with E-state index in [4.69, 9.17) is 0 Å². The third-order valence-corrected chi connectivity index (χ3v) is 9.06. The molecule has 0 radical (unpaired) electrons. The van der Waals surface area contributed by atoms with Crippen molar-refractivity contribution in [3.8, 4) is 6.07 Å². The summed E-state index contributed by atoms with van der Waals surface area (Å²) in [5, 5.41) is 9.31. The fraction of sp³-hybridized carbons (Fsp3) is 0.571. The van der Waals surface area contributed by atoms with Crippen molar-refractivity contribution < 1.29 is 18.0 Å². The van der Waals surface area contributed by atoms with E-state index < -0.39 is 15.6 Å². The molecule has 1 aromatic rings. The van der Waals surface area contributed by atoms with Crippen LogP contribution in [0, 0.1) is 23.2 Å². The van der Waals surface area contributed by atoms with Crippen LogP contribution in [0.1, 0.15) is 32.3 Å². The van der Waals surface area contributed by atoms with E-state index in [0.29, 0.717) is 32.5 Å². The van der Waals surface area contributed by atoms with Gasteiger partial charge in [0.05, 0.1) is 21.9 Å². The van der Waals surface area contributed by atoms with E-state index >= 15 is 0 Å². The van der Waals surface area contributed by atoms with Gasteiger partial charge in [-0.2, -0.15) is 9.57 Å². The molecule has 8 nitrogen and oxygen atoms in total. The molecular formula is C21H26N4O4S. The fourth-order valence-corrected chi connectivity index (χ4v) is 7.21. The number of likely N-dealkylation sites (tertiary alicyclic amines) is 2. The number of benzene rings is 1. The van der Waals surface area contributed by atoms with Gasteiger partial charge in [0.15, 0.2) is 0 Å². The Balaban J connectivity index is 1.60. The number of nitrogens with zero attached hydrogens (tertiary/aromatic N) is 4. The zero-order valence-electron chi connectivity index (χ0n) is 17.2. The number of carbonyl (C=O) groups excluding carboxylic acids is 2. The third kappa shape index (κ3) is 2.93. The van der Waals surface area contributed by atoms with Gasteiger partial charge >= 0.3 is 0 Å². The van der Waals surface area contributed by atoms with Crippen molar-refractivity contribution in [2.75, 3.05) is 32.7 Å². The summed E-state index contributed by atoms with van der Waals surface area (Å²) in [6.45, 7) is 5.63. The van der Waals surface area contributed by atoms with Crippen LogP contribution in [-0.2, 0) is 19.6 Å². The summed E-state index contributed by atoms with van der Waals surface area (Å²) >= 11 is 0. The number of rotatable bonds is 3. The SMILES string of the molecule is CCN1C(=O)[C@H]2CN(C(C)=O)C[C@H]2C12CCN(S(=O)(=O)c1ccccc1C#N)CC2. The minimum atomic E-state index is -3.79. The molecule has 0 bridgehead atoms. The van der Waals surface area contributed by atoms with Crippen molar-refractivity contribution in [1.29, 1.82) is 5.26 Å². The number of sulfonamides is 1. The van der Waals surface area contributed by atoms with Gasteiger partial charge in [-0.25, -0.2) is 8.42 Å². The highest BCUT2D eigenvalue weighted by Crippen LogP contribution is 2.50. The van der Waals surface area contributed by atoms with Gasteiger partial charge in [-0.15, -0.1) is 0 Å². The Kier molecular flexibility index (Phi) is 5.11. The minimum Gasteiger partial charge on any atom is -0.342 e. The first kappa shape index (κ1) is 20.8. The van der Waals surface area contributed by atoms with Crippen LogP contribution in [0.3, 0.4) is 0 Å². The van der Waals surface area contributed by atoms with Crippen LogP contribution < -0.4 is 0 Å². The number of hydrogen-bond acceptors (Lipinski definition) is 5. The van der Waals surface area contributed by atoms with Gasteiger partial charge in [-0.1, -0.05) is 12.1 Å². The summed E-state index contributed by atoms with van der Waals surface area (Å²) in [7, 11) is -3.79. The highest BCUT2D eigenvalue weighted by molar-refractivity contribution is 7.89. The molecule has 1 aromatic carbocycles. The van der Waals surface area contributed by atoms with Gasteiger partial charge in [-0.05, 0) is 31.9 Å². The maximum Gasteiger partial charge on any atom is 0.244 e. The summed E-state index contributed by atoms with van der Waals surface area (Å²) < 4.78 is 27.8. The average molecular weight is 431 g/mol. The molecule has 1 spiro atoms. The van der Waals surface area contributed by atoms with Gasteiger partial charge in [0.1, 0.15) is 6.07 Å². The van der Waals surface area contributed by atoms with Gasteiger partial charge in [0.25, 0.3) is 0 Å². The van der Waals surface area contributed by atoms with Crippen molar-refractivity contribution in [3.63, 3.8) is 0 Å². The Morgan fingerprint density at radius 2 is 1.90 bits per heavy atom. The minimum absolute atomic E-state index is 0.0245. The molecule has 2 atom stereocenters. The first-order chi connectivity index (χ1) is 14.3. The van der Waals surface area contributed by atoms with Gasteiger partial charge in [0, 0.05) is 45.6 Å². The van der Waals surface area contributed by atoms with Crippen LogP contribution in [0.25, 0.3) is 0 Å². The molecule has 0 saturated carbocycles. The van der Waals surface area contributed by atoms with Crippen LogP contribution in [-0.4, -0.2) is 72.6 Å². The van der Waals surface area contributed by atoms with E-state index in [1.807, 2.05) is 17.9 Å². The number of nitriles is 1. The number of amides is 2. The van der Waals surface area contributed by atoms with Crippen molar-refractivity contribution in [2.24, 2.45) is 11.8 Å². The highest BCUT2D eigenvalue weighted by Gasteiger charge is 2.61. The summed E-state index contributed by atoms with van der Waals surface area (Å²) in [6, 6.07) is 8.20. The molecule has 9 heteroatoms. The smallest absolute Gasteiger partial charge is 0.244 e. The molecule has 2 amide bonds. The van der Waals surface area contributed by atoms with Crippen molar-refractivity contribution in [3.05, 3.63) is 29.8 Å². The lowest BCUT2D eigenvalue weighted by atomic mass is 9.75. The number of piperidine rings is 1. The molecule has 3 aliphatic rings. The Morgan fingerprint density at radius 3 is 2.50 bits per heavy atom. The second-order valence-electron chi connectivity index (χ2n) is 8.34. The van der Waals surface area contributed by atoms with Gasteiger partial charge < -0.3 is 9.80 Å². The summed E-state index contributed by atoms with van der Waals surface area (Å²) in [6.07, 6.45) is 1.07. The summed E-state index contributed by atoms with van der Waals surface area (Å²) in [5.74, 6) is -0.109. The molecule has 3 heterocycles. The Morgan fingerprint density at radius 1 is 1.23 bits per heavy atom. The zero-order valence-corrected chi connectivity index (χ0v) is 18.1. The largest absolute Gasteiger partial charge is 0.342 e. The van der Waals surface area contributed by atoms with Crippen LogP contribution >= 0.6 is 0 Å². The van der Waals surface area contributed by atoms with Crippen LogP contribution in [0.15, 0.2) is 29.2 Å². The van der Waals surface area contributed by atoms with Gasteiger partial charge in [-0.3, -0.25) is 9.59 Å². The van der Waals surface area contributed by atoms with E-state index in [9.17, 15) is 23.3 Å². The molecule has 0 aliphatic carbocycles. The quantitative estimate of drug-likeness (QED) is 0.713. The molecule has 4 rings (SSSR count). The Hall–Kier alpha value is -2.44. The van der Waals surface area contributed by atoms with E-state index in [0.717, 1.165) is 0 Å². The molecule has 3 fully saturated rings. The fourth-order valence-electron chi connectivity index (χ4n) is 5.62. The second-order valence-corrected chi connectivity index (χ2v) is 10.2. The standard InChI is InChI=1S/C21H26N4O4S/c1-3-25-20(27)17-13-23(15(2)26)14-18(17)21(25)8-10-24(11-9-21)30(28,29)19-7-5-4-6-16(19)12-22/h4-7,17-18H,3,8-11,13-14H2,1-2H3/t17-,18+/m0/s1. The normalized spacial score (nSPS) is 26.1. The topological polar surface area (TPSA) is 102 Å². The third-order valence-electron chi connectivity index (χ3n) is 7.11. The predicted octanol–water partition coefficient (Wildman–Crippen LogP) is 1.04. The first-order valence-corrected chi connectivity index (χ1v) is 11.8.